The first-order valence-electron chi connectivity index (χ1n) is 6.30. The molecule has 1 fully saturated rings. The Morgan fingerprint density at radius 2 is 1.95 bits per heavy atom. The van der Waals surface area contributed by atoms with Crippen molar-refractivity contribution in [1.29, 1.82) is 0 Å². The van der Waals surface area contributed by atoms with E-state index < -0.39 is 17.5 Å². The van der Waals surface area contributed by atoms with Gasteiger partial charge in [0.2, 0.25) is 11.7 Å². The van der Waals surface area contributed by atoms with E-state index in [1.165, 1.54) is 0 Å². The average Bonchev–Trinajstić information content (AvgIpc) is 3.08. The number of hydrogen-bond donors (Lipinski definition) is 1. The number of aromatic nitrogens is 2. The van der Waals surface area contributed by atoms with E-state index in [2.05, 4.69) is 15.5 Å². The van der Waals surface area contributed by atoms with Gasteiger partial charge in [-0.3, -0.25) is 0 Å². The highest BCUT2D eigenvalue weighted by atomic mass is 35.5. The van der Waals surface area contributed by atoms with Crippen molar-refractivity contribution in [2.75, 3.05) is 13.1 Å². The maximum atomic E-state index is 13.4. The van der Waals surface area contributed by atoms with E-state index in [9.17, 15) is 13.2 Å². The van der Waals surface area contributed by atoms with Crippen LogP contribution < -0.4 is 5.32 Å². The molecule has 112 valence electrons. The molecule has 3 rings (SSSR count). The Labute approximate surface area is 123 Å². The van der Waals surface area contributed by atoms with Gasteiger partial charge in [-0.05, 0) is 37.2 Å². The molecular weight excluding hydrogens is 307 g/mol. The lowest BCUT2D eigenvalue weighted by molar-refractivity contribution is -0.191. The highest BCUT2D eigenvalue weighted by Crippen LogP contribution is 2.45. The molecule has 8 heteroatoms. The van der Waals surface area contributed by atoms with Gasteiger partial charge in [0, 0.05) is 17.1 Å². The van der Waals surface area contributed by atoms with Crippen LogP contribution in [-0.2, 0) is 5.41 Å². The molecule has 0 radical (unpaired) electrons. The third-order valence-corrected chi connectivity index (χ3v) is 3.89. The minimum atomic E-state index is -4.44. The Morgan fingerprint density at radius 1 is 1.24 bits per heavy atom. The van der Waals surface area contributed by atoms with Gasteiger partial charge in [-0.1, -0.05) is 16.8 Å². The zero-order chi connectivity index (χ0) is 15.1. The Bertz CT molecular complexity index is 633. The number of hydrogen-bond acceptors (Lipinski definition) is 4. The molecule has 2 heterocycles. The molecular formula is C13H11ClF3N3O. The Hall–Kier alpha value is -1.60. The van der Waals surface area contributed by atoms with Crippen molar-refractivity contribution in [3.8, 4) is 11.4 Å². The van der Waals surface area contributed by atoms with Gasteiger partial charge in [0.15, 0.2) is 5.41 Å². The summed E-state index contributed by atoms with van der Waals surface area (Å²) in [5, 5.41) is 6.89. The van der Waals surface area contributed by atoms with E-state index in [1.54, 1.807) is 24.3 Å². The number of rotatable bonds is 2. The minimum Gasteiger partial charge on any atom is -0.338 e. The molecule has 1 unspecified atom stereocenters. The second kappa shape index (κ2) is 4.99. The third kappa shape index (κ3) is 2.40. The van der Waals surface area contributed by atoms with Crippen LogP contribution in [0.4, 0.5) is 13.2 Å². The van der Waals surface area contributed by atoms with Crippen molar-refractivity contribution < 1.29 is 17.7 Å². The first kappa shape index (κ1) is 14.3. The molecule has 0 aliphatic carbocycles. The molecule has 0 bridgehead atoms. The maximum absolute atomic E-state index is 13.4. The molecule has 0 amide bonds. The summed E-state index contributed by atoms with van der Waals surface area (Å²) in [6.07, 6.45) is -4.56. The van der Waals surface area contributed by atoms with Crippen molar-refractivity contribution in [2.45, 2.75) is 18.0 Å². The van der Waals surface area contributed by atoms with Crippen LogP contribution >= 0.6 is 11.6 Å². The van der Waals surface area contributed by atoms with Crippen molar-refractivity contribution >= 4 is 11.6 Å². The molecule has 2 aromatic rings. The second-order valence-electron chi connectivity index (χ2n) is 4.94. The molecule has 1 saturated heterocycles. The lowest BCUT2D eigenvalue weighted by Gasteiger charge is -2.26. The summed E-state index contributed by atoms with van der Waals surface area (Å²) in [6.45, 7) is 0.0108. The van der Waals surface area contributed by atoms with E-state index in [-0.39, 0.29) is 25.3 Å². The van der Waals surface area contributed by atoms with E-state index in [1.807, 2.05) is 0 Å². The molecule has 1 aromatic heterocycles. The molecule has 4 nitrogen and oxygen atoms in total. The van der Waals surface area contributed by atoms with Crippen molar-refractivity contribution in [3.05, 3.63) is 35.2 Å². The van der Waals surface area contributed by atoms with Crippen molar-refractivity contribution in [1.82, 2.24) is 15.5 Å². The first-order valence-corrected chi connectivity index (χ1v) is 6.68. The molecule has 1 aliphatic heterocycles. The Morgan fingerprint density at radius 3 is 2.52 bits per heavy atom. The molecule has 21 heavy (non-hydrogen) atoms. The normalized spacial score (nSPS) is 22.7. The molecule has 1 aliphatic rings. The standard InChI is InChI=1S/C13H11ClF3N3O/c14-9-3-1-8(2-4-9)10-19-11(21-20-10)12(13(15,16)17)5-6-18-7-12/h1-4,18H,5-7H2. The van der Waals surface area contributed by atoms with Crippen LogP contribution in [0.2, 0.25) is 5.02 Å². The molecule has 1 aromatic carbocycles. The van der Waals surface area contributed by atoms with Crippen LogP contribution in [-0.4, -0.2) is 29.4 Å². The van der Waals surface area contributed by atoms with Gasteiger partial charge in [0.1, 0.15) is 0 Å². The van der Waals surface area contributed by atoms with Gasteiger partial charge in [0.05, 0.1) is 0 Å². The summed E-state index contributed by atoms with van der Waals surface area (Å²) in [5.41, 5.74) is -1.55. The lowest BCUT2D eigenvalue weighted by Crippen LogP contribution is -2.44. The van der Waals surface area contributed by atoms with Crippen LogP contribution in [0.25, 0.3) is 11.4 Å². The zero-order valence-corrected chi connectivity index (χ0v) is 11.5. The maximum Gasteiger partial charge on any atom is 0.404 e. The topological polar surface area (TPSA) is 51.0 Å². The second-order valence-corrected chi connectivity index (χ2v) is 5.37. The summed E-state index contributed by atoms with van der Waals surface area (Å²) in [5.74, 6) is -0.276. The van der Waals surface area contributed by atoms with Gasteiger partial charge < -0.3 is 9.84 Å². The lowest BCUT2D eigenvalue weighted by atomic mass is 9.86. The van der Waals surface area contributed by atoms with Crippen LogP contribution in [0.5, 0.6) is 0 Å². The summed E-state index contributed by atoms with van der Waals surface area (Å²) in [4.78, 5) is 3.95. The summed E-state index contributed by atoms with van der Waals surface area (Å²) < 4.78 is 45.1. The Balaban J connectivity index is 1.99. The van der Waals surface area contributed by atoms with Gasteiger partial charge in [-0.2, -0.15) is 18.2 Å². The van der Waals surface area contributed by atoms with E-state index in [0.717, 1.165) is 0 Å². The average molecular weight is 318 g/mol. The van der Waals surface area contributed by atoms with Crippen LogP contribution in [0.15, 0.2) is 28.8 Å². The van der Waals surface area contributed by atoms with Gasteiger partial charge in [-0.15, -0.1) is 0 Å². The fourth-order valence-corrected chi connectivity index (χ4v) is 2.50. The summed E-state index contributed by atoms with van der Waals surface area (Å²) in [6, 6.07) is 6.49. The number of nitrogens with zero attached hydrogens (tertiary/aromatic N) is 2. The fraction of sp³-hybridized carbons (Fsp3) is 0.385. The van der Waals surface area contributed by atoms with E-state index in [0.29, 0.717) is 10.6 Å². The summed E-state index contributed by atoms with van der Waals surface area (Å²) >= 11 is 5.77. The summed E-state index contributed by atoms with van der Waals surface area (Å²) in [7, 11) is 0. The molecule has 1 N–H and O–H groups in total. The number of nitrogens with one attached hydrogen (secondary N) is 1. The van der Waals surface area contributed by atoms with Crippen LogP contribution in [0.1, 0.15) is 12.3 Å². The highest BCUT2D eigenvalue weighted by molar-refractivity contribution is 6.30. The molecule has 1 atom stereocenters. The largest absolute Gasteiger partial charge is 0.404 e. The quantitative estimate of drug-likeness (QED) is 0.924. The smallest absolute Gasteiger partial charge is 0.338 e. The zero-order valence-electron chi connectivity index (χ0n) is 10.7. The third-order valence-electron chi connectivity index (χ3n) is 3.64. The van der Waals surface area contributed by atoms with Gasteiger partial charge in [-0.25, -0.2) is 0 Å². The monoisotopic (exact) mass is 317 g/mol. The molecule has 0 spiro atoms. The predicted octanol–water partition coefficient (Wildman–Crippen LogP) is 3.18. The fourth-order valence-electron chi connectivity index (χ4n) is 2.37. The van der Waals surface area contributed by atoms with Gasteiger partial charge in [0.25, 0.3) is 0 Å². The van der Waals surface area contributed by atoms with Crippen LogP contribution in [0, 0.1) is 0 Å². The van der Waals surface area contributed by atoms with Crippen molar-refractivity contribution in [3.63, 3.8) is 0 Å². The van der Waals surface area contributed by atoms with E-state index >= 15 is 0 Å². The number of alkyl halides is 3. The van der Waals surface area contributed by atoms with Crippen LogP contribution in [0.3, 0.4) is 0 Å². The highest BCUT2D eigenvalue weighted by Gasteiger charge is 2.61. The minimum absolute atomic E-state index is 0.112. The van der Waals surface area contributed by atoms with Gasteiger partial charge >= 0.3 is 6.18 Å². The molecule has 0 saturated carbocycles. The van der Waals surface area contributed by atoms with Crippen molar-refractivity contribution in [2.24, 2.45) is 0 Å². The SMILES string of the molecule is FC(F)(F)C1(c2nc(-c3ccc(Cl)cc3)no2)CCNC1. The predicted molar refractivity (Wildman–Crippen MR) is 70.0 cm³/mol. The van der Waals surface area contributed by atoms with E-state index in [4.69, 9.17) is 16.1 Å². The number of halogens is 4. The first-order chi connectivity index (χ1) is 9.92. The number of benzene rings is 1. The Kier molecular flexibility index (Phi) is 3.41.